The van der Waals surface area contributed by atoms with Crippen molar-refractivity contribution in [2.45, 2.75) is 65.5 Å². The van der Waals surface area contributed by atoms with E-state index in [0.29, 0.717) is 0 Å². The molecule has 1 heterocycles. The standard InChI is InChI=1S/C14H30N2/c1-5-7-12(3)11-15-14-8-9-16(6-2)13(4)10-14/h12-15H,5-11H2,1-4H3. The minimum absolute atomic E-state index is 0.761. The van der Waals surface area contributed by atoms with E-state index >= 15 is 0 Å². The highest BCUT2D eigenvalue weighted by atomic mass is 15.2. The molecular formula is C14H30N2. The van der Waals surface area contributed by atoms with Gasteiger partial charge in [-0.3, -0.25) is 0 Å². The Balaban J connectivity index is 2.19. The summed E-state index contributed by atoms with van der Waals surface area (Å²) in [5.74, 6) is 0.838. The number of hydrogen-bond donors (Lipinski definition) is 1. The number of rotatable bonds is 6. The minimum atomic E-state index is 0.761. The summed E-state index contributed by atoms with van der Waals surface area (Å²) in [7, 11) is 0. The molecule has 1 aliphatic rings. The van der Waals surface area contributed by atoms with E-state index < -0.39 is 0 Å². The topological polar surface area (TPSA) is 15.3 Å². The Hall–Kier alpha value is -0.0800. The van der Waals surface area contributed by atoms with Gasteiger partial charge in [-0.2, -0.15) is 0 Å². The summed E-state index contributed by atoms with van der Waals surface area (Å²) in [6.45, 7) is 13.0. The van der Waals surface area contributed by atoms with Crippen LogP contribution in [0, 0.1) is 5.92 Å². The number of nitrogens with zero attached hydrogens (tertiary/aromatic N) is 1. The van der Waals surface area contributed by atoms with Crippen LogP contribution in [0.2, 0.25) is 0 Å². The van der Waals surface area contributed by atoms with Gasteiger partial charge in [-0.25, -0.2) is 0 Å². The third-order valence-electron chi connectivity index (χ3n) is 3.96. The predicted octanol–water partition coefficient (Wildman–Crippen LogP) is 2.89. The van der Waals surface area contributed by atoms with Crippen molar-refractivity contribution in [2.75, 3.05) is 19.6 Å². The summed E-state index contributed by atoms with van der Waals surface area (Å²) in [6, 6.07) is 1.52. The quantitative estimate of drug-likeness (QED) is 0.749. The molecule has 0 spiro atoms. The van der Waals surface area contributed by atoms with E-state index in [1.54, 1.807) is 0 Å². The van der Waals surface area contributed by atoms with E-state index in [1.165, 1.54) is 45.3 Å². The van der Waals surface area contributed by atoms with Gasteiger partial charge in [0, 0.05) is 12.1 Å². The normalized spacial score (nSPS) is 29.2. The maximum absolute atomic E-state index is 3.75. The maximum atomic E-state index is 3.75. The molecule has 1 aliphatic heterocycles. The molecule has 0 aliphatic carbocycles. The first-order valence-electron chi connectivity index (χ1n) is 7.14. The maximum Gasteiger partial charge on any atom is 0.00941 e. The Morgan fingerprint density at radius 3 is 2.69 bits per heavy atom. The first-order chi connectivity index (χ1) is 7.67. The van der Waals surface area contributed by atoms with E-state index in [0.717, 1.165) is 18.0 Å². The van der Waals surface area contributed by atoms with Gasteiger partial charge in [0.15, 0.2) is 0 Å². The van der Waals surface area contributed by atoms with Crippen LogP contribution in [-0.2, 0) is 0 Å². The molecule has 16 heavy (non-hydrogen) atoms. The van der Waals surface area contributed by atoms with Crippen molar-refractivity contribution in [1.29, 1.82) is 0 Å². The fourth-order valence-electron chi connectivity index (χ4n) is 2.84. The van der Waals surface area contributed by atoms with Crippen LogP contribution in [0.25, 0.3) is 0 Å². The first-order valence-corrected chi connectivity index (χ1v) is 7.14. The van der Waals surface area contributed by atoms with Crippen LogP contribution < -0.4 is 5.32 Å². The van der Waals surface area contributed by atoms with Crippen LogP contribution in [-0.4, -0.2) is 36.6 Å². The van der Waals surface area contributed by atoms with Crippen LogP contribution in [0.1, 0.15) is 53.4 Å². The fraction of sp³-hybridized carbons (Fsp3) is 1.00. The molecule has 1 N–H and O–H groups in total. The highest BCUT2D eigenvalue weighted by molar-refractivity contribution is 4.82. The van der Waals surface area contributed by atoms with Gasteiger partial charge < -0.3 is 10.2 Å². The lowest BCUT2D eigenvalue weighted by atomic mass is 9.97. The van der Waals surface area contributed by atoms with Crippen molar-refractivity contribution in [3.8, 4) is 0 Å². The van der Waals surface area contributed by atoms with Crippen molar-refractivity contribution < 1.29 is 0 Å². The Bertz CT molecular complexity index is 182. The van der Waals surface area contributed by atoms with Crippen LogP contribution in [0.5, 0.6) is 0 Å². The van der Waals surface area contributed by atoms with E-state index in [1.807, 2.05) is 0 Å². The van der Waals surface area contributed by atoms with Gasteiger partial charge in [0.1, 0.15) is 0 Å². The van der Waals surface area contributed by atoms with Crippen molar-refractivity contribution in [3.63, 3.8) is 0 Å². The number of nitrogens with one attached hydrogen (secondary N) is 1. The number of piperidine rings is 1. The molecule has 0 bridgehead atoms. The van der Waals surface area contributed by atoms with Crippen LogP contribution in [0.15, 0.2) is 0 Å². The Morgan fingerprint density at radius 2 is 2.12 bits per heavy atom. The van der Waals surface area contributed by atoms with Crippen molar-refractivity contribution in [2.24, 2.45) is 5.92 Å². The molecule has 0 amide bonds. The Kier molecular flexibility index (Phi) is 6.37. The van der Waals surface area contributed by atoms with Crippen LogP contribution in [0.4, 0.5) is 0 Å². The minimum Gasteiger partial charge on any atom is -0.314 e. The van der Waals surface area contributed by atoms with E-state index in [4.69, 9.17) is 0 Å². The monoisotopic (exact) mass is 226 g/mol. The second-order valence-electron chi connectivity index (χ2n) is 5.50. The van der Waals surface area contributed by atoms with Gasteiger partial charge in [-0.1, -0.05) is 27.2 Å². The van der Waals surface area contributed by atoms with Gasteiger partial charge in [0.05, 0.1) is 0 Å². The SMILES string of the molecule is CCCC(C)CNC1CCN(CC)C(C)C1. The molecule has 0 aromatic heterocycles. The summed E-state index contributed by atoms with van der Waals surface area (Å²) in [4.78, 5) is 2.59. The highest BCUT2D eigenvalue weighted by Gasteiger charge is 2.23. The van der Waals surface area contributed by atoms with Crippen LogP contribution >= 0.6 is 0 Å². The summed E-state index contributed by atoms with van der Waals surface area (Å²) in [6.07, 6.45) is 5.33. The molecule has 1 rings (SSSR count). The van der Waals surface area contributed by atoms with Crippen molar-refractivity contribution >= 4 is 0 Å². The molecule has 96 valence electrons. The zero-order valence-electron chi connectivity index (χ0n) is 11.6. The molecule has 2 nitrogen and oxygen atoms in total. The second-order valence-corrected chi connectivity index (χ2v) is 5.50. The number of likely N-dealkylation sites (tertiary alicyclic amines) is 1. The average molecular weight is 226 g/mol. The molecule has 1 fully saturated rings. The molecule has 0 aromatic carbocycles. The summed E-state index contributed by atoms with van der Waals surface area (Å²) >= 11 is 0. The largest absolute Gasteiger partial charge is 0.314 e. The number of hydrogen-bond acceptors (Lipinski definition) is 2. The third kappa shape index (κ3) is 4.42. The van der Waals surface area contributed by atoms with E-state index in [-0.39, 0.29) is 0 Å². The summed E-state index contributed by atoms with van der Waals surface area (Å²) in [5, 5.41) is 3.75. The summed E-state index contributed by atoms with van der Waals surface area (Å²) < 4.78 is 0. The van der Waals surface area contributed by atoms with E-state index in [9.17, 15) is 0 Å². The smallest absolute Gasteiger partial charge is 0.00941 e. The highest BCUT2D eigenvalue weighted by Crippen LogP contribution is 2.17. The lowest BCUT2D eigenvalue weighted by Gasteiger charge is -2.37. The van der Waals surface area contributed by atoms with Gasteiger partial charge in [-0.05, 0) is 51.7 Å². The fourth-order valence-corrected chi connectivity index (χ4v) is 2.84. The third-order valence-corrected chi connectivity index (χ3v) is 3.96. The zero-order valence-corrected chi connectivity index (χ0v) is 11.6. The molecule has 0 radical (unpaired) electrons. The van der Waals surface area contributed by atoms with Crippen molar-refractivity contribution in [1.82, 2.24) is 10.2 Å². The second kappa shape index (κ2) is 7.29. The summed E-state index contributed by atoms with van der Waals surface area (Å²) in [5.41, 5.74) is 0. The van der Waals surface area contributed by atoms with Gasteiger partial charge in [0.2, 0.25) is 0 Å². The predicted molar refractivity (Wildman–Crippen MR) is 71.8 cm³/mol. The molecule has 0 aromatic rings. The molecule has 2 heteroatoms. The lowest BCUT2D eigenvalue weighted by Crippen LogP contribution is -2.47. The zero-order chi connectivity index (χ0) is 12.0. The Labute approximate surface area is 102 Å². The Morgan fingerprint density at radius 1 is 1.38 bits per heavy atom. The van der Waals surface area contributed by atoms with Gasteiger partial charge in [0.25, 0.3) is 0 Å². The van der Waals surface area contributed by atoms with E-state index in [2.05, 4.69) is 37.9 Å². The average Bonchev–Trinajstić information content (AvgIpc) is 2.27. The lowest BCUT2D eigenvalue weighted by molar-refractivity contribution is 0.141. The molecule has 3 unspecified atom stereocenters. The first kappa shape index (κ1) is 14.0. The van der Waals surface area contributed by atoms with Crippen LogP contribution in [0.3, 0.4) is 0 Å². The molecule has 3 atom stereocenters. The van der Waals surface area contributed by atoms with Crippen molar-refractivity contribution in [3.05, 3.63) is 0 Å². The molecular weight excluding hydrogens is 196 g/mol. The molecule has 0 saturated carbocycles. The van der Waals surface area contributed by atoms with Gasteiger partial charge in [-0.15, -0.1) is 0 Å². The van der Waals surface area contributed by atoms with Gasteiger partial charge >= 0.3 is 0 Å². The molecule has 1 saturated heterocycles.